The zero-order valence-electron chi connectivity index (χ0n) is 16.7. The molecule has 1 saturated heterocycles. The maximum Gasteiger partial charge on any atom is 0.319 e. The van der Waals surface area contributed by atoms with E-state index >= 15 is 0 Å². The van der Waals surface area contributed by atoms with Crippen molar-refractivity contribution < 1.29 is 23.8 Å². The van der Waals surface area contributed by atoms with Gasteiger partial charge in [-0.25, -0.2) is 4.79 Å². The lowest BCUT2D eigenvalue weighted by Crippen LogP contribution is -2.39. The molecule has 0 spiro atoms. The van der Waals surface area contributed by atoms with E-state index in [1.807, 2.05) is 31.2 Å². The number of anilines is 2. The Morgan fingerprint density at radius 3 is 2.48 bits per heavy atom. The molecule has 3 rings (SSSR count). The van der Waals surface area contributed by atoms with Crippen molar-refractivity contribution in [3.8, 4) is 17.2 Å². The molecule has 1 unspecified atom stereocenters. The molecule has 0 aromatic heterocycles. The maximum atomic E-state index is 12.4. The SMILES string of the molecule is CCOc1ccc(N2CC(NC(=O)Nc3ccc(OC)cc3OC)CC2=O)cc1. The van der Waals surface area contributed by atoms with Crippen molar-refractivity contribution in [1.29, 1.82) is 0 Å². The molecule has 1 fully saturated rings. The predicted octanol–water partition coefficient (Wildman–Crippen LogP) is 3.03. The quantitative estimate of drug-likeness (QED) is 0.747. The summed E-state index contributed by atoms with van der Waals surface area (Å²) in [5.41, 5.74) is 1.29. The van der Waals surface area contributed by atoms with Crippen molar-refractivity contribution in [3.05, 3.63) is 42.5 Å². The van der Waals surface area contributed by atoms with E-state index in [9.17, 15) is 9.59 Å². The average Bonchev–Trinajstić information content (AvgIpc) is 3.08. The van der Waals surface area contributed by atoms with Gasteiger partial charge in [0, 0.05) is 24.7 Å². The van der Waals surface area contributed by atoms with Crippen LogP contribution in [-0.2, 0) is 4.79 Å². The van der Waals surface area contributed by atoms with E-state index in [1.54, 1.807) is 30.2 Å². The number of methoxy groups -OCH3 is 2. The first-order valence-electron chi connectivity index (χ1n) is 9.36. The summed E-state index contributed by atoms with van der Waals surface area (Å²) in [6.45, 7) is 2.91. The molecule has 154 valence electrons. The van der Waals surface area contributed by atoms with Crippen LogP contribution in [0.5, 0.6) is 17.2 Å². The summed E-state index contributed by atoms with van der Waals surface area (Å²) in [7, 11) is 3.07. The Labute approximate surface area is 169 Å². The summed E-state index contributed by atoms with van der Waals surface area (Å²) < 4.78 is 15.9. The molecule has 3 amide bonds. The Bertz CT molecular complexity index is 869. The molecule has 2 N–H and O–H groups in total. The number of benzene rings is 2. The van der Waals surface area contributed by atoms with Crippen LogP contribution in [0.25, 0.3) is 0 Å². The van der Waals surface area contributed by atoms with Crippen LogP contribution in [0.15, 0.2) is 42.5 Å². The summed E-state index contributed by atoms with van der Waals surface area (Å²) in [5.74, 6) is 1.82. The summed E-state index contributed by atoms with van der Waals surface area (Å²) in [6.07, 6.45) is 0.236. The highest BCUT2D eigenvalue weighted by Crippen LogP contribution is 2.29. The van der Waals surface area contributed by atoms with Crippen LogP contribution in [0, 0.1) is 0 Å². The van der Waals surface area contributed by atoms with Crippen LogP contribution in [-0.4, -0.2) is 45.4 Å². The van der Waals surface area contributed by atoms with Gasteiger partial charge in [0.2, 0.25) is 5.91 Å². The summed E-state index contributed by atoms with van der Waals surface area (Å²) >= 11 is 0. The van der Waals surface area contributed by atoms with Crippen LogP contribution in [0.1, 0.15) is 13.3 Å². The van der Waals surface area contributed by atoms with Gasteiger partial charge >= 0.3 is 6.03 Å². The van der Waals surface area contributed by atoms with Crippen LogP contribution >= 0.6 is 0 Å². The third-order valence-electron chi connectivity index (χ3n) is 4.58. The van der Waals surface area contributed by atoms with Gasteiger partial charge in [-0.3, -0.25) is 4.79 Å². The molecule has 0 saturated carbocycles. The van der Waals surface area contributed by atoms with Crippen LogP contribution in [0.2, 0.25) is 0 Å². The van der Waals surface area contributed by atoms with Crippen molar-refractivity contribution in [3.63, 3.8) is 0 Å². The first-order valence-corrected chi connectivity index (χ1v) is 9.36. The fourth-order valence-electron chi connectivity index (χ4n) is 3.19. The minimum Gasteiger partial charge on any atom is -0.497 e. The average molecular weight is 399 g/mol. The molecule has 8 heteroatoms. The second kappa shape index (κ2) is 9.18. The third-order valence-corrected chi connectivity index (χ3v) is 4.58. The van der Waals surface area contributed by atoms with Gasteiger partial charge in [0.05, 0.1) is 32.6 Å². The second-order valence-electron chi connectivity index (χ2n) is 6.50. The number of hydrogen-bond acceptors (Lipinski definition) is 5. The van der Waals surface area contributed by atoms with E-state index < -0.39 is 6.03 Å². The van der Waals surface area contributed by atoms with Crippen molar-refractivity contribution in [2.75, 3.05) is 37.6 Å². The Kier molecular flexibility index (Phi) is 6.43. The maximum absolute atomic E-state index is 12.4. The summed E-state index contributed by atoms with van der Waals surface area (Å²) in [6, 6.07) is 11.8. The van der Waals surface area contributed by atoms with Gasteiger partial charge < -0.3 is 29.7 Å². The largest absolute Gasteiger partial charge is 0.497 e. The fourth-order valence-corrected chi connectivity index (χ4v) is 3.19. The van der Waals surface area contributed by atoms with E-state index in [0.717, 1.165) is 11.4 Å². The lowest BCUT2D eigenvalue weighted by atomic mass is 10.2. The van der Waals surface area contributed by atoms with Gasteiger partial charge in [0.15, 0.2) is 0 Å². The molecule has 0 aliphatic carbocycles. The molecule has 8 nitrogen and oxygen atoms in total. The first kappa shape index (κ1) is 20.3. The van der Waals surface area contributed by atoms with E-state index in [0.29, 0.717) is 30.3 Å². The molecule has 0 bridgehead atoms. The molecule has 2 aromatic rings. The topological polar surface area (TPSA) is 89.1 Å². The van der Waals surface area contributed by atoms with Gasteiger partial charge in [-0.05, 0) is 43.3 Å². The van der Waals surface area contributed by atoms with Gasteiger partial charge in [0.1, 0.15) is 17.2 Å². The first-order chi connectivity index (χ1) is 14.0. The van der Waals surface area contributed by atoms with E-state index in [1.165, 1.54) is 7.11 Å². The van der Waals surface area contributed by atoms with E-state index in [2.05, 4.69) is 10.6 Å². The van der Waals surface area contributed by atoms with Gasteiger partial charge in [0.25, 0.3) is 0 Å². The number of urea groups is 1. The van der Waals surface area contributed by atoms with Crippen molar-refractivity contribution in [1.82, 2.24) is 5.32 Å². The zero-order valence-corrected chi connectivity index (χ0v) is 16.7. The smallest absolute Gasteiger partial charge is 0.319 e. The molecular formula is C21H25N3O5. The van der Waals surface area contributed by atoms with Crippen molar-refractivity contribution in [2.45, 2.75) is 19.4 Å². The number of carbonyl (C=O) groups is 2. The molecule has 29 heavy (non-hydrogen) atoms. The lowest BCUT2D eigenvalue weighted by molar-refractivity contribution is -0.117. The normalized spacial score (nSPS) is 15.8. The number of hydrogen-bond donors (Lipinski definition) is 2. The zero-order chi connectivity index (χ0) is 20.8. The highest BCUT2D eigenvalue weighted by atomic mass is 16.5. The molecule has 2 aromatic carbocycles. The molecule has 1 atom stereocenters. The minimum atomic E-state index is -0.403. The van der Waals surface area contributed by atoms with E-state index in [-0.39, 0.29) is 18.4 Å². The minimum absolute atomic E-state index is 0.0403. The lowest BCUT2D eigenvalue weighted by Gasteiger charge is -2.18. The summed E-state index contributed by atoms with van der Waals surface area (Å²) in [4.78, 5) is 26.5. The van der Waals surface area contributed by atoms with Crippen LogP contribution in [0.3, 0.4) is 0 Å². The van der Waals surface area contributed by atoms with E-state index in [4.69, 9.17) is 14.2 Å². The Morgan fingerprint density at radius 2 is 1.83 bits per heavy atom. The number of nitrogens with one attached hydrogen (secondary N) is 2. The monoisotopic (exact) mass is 399 g/mol. The Morgan fingerprint density at radius 1 is 1.10 bits per heavy atom. The highest BCUT2D eigenvalue weighted by molar-refractivity contribution is 5.98. The van der Waals surface area contributed by atoms with Gasteiger partial charge in [-0.2, -0.15) is 0 Å². The number of nitrogens with zero attached hydrogens (tertiary/aromatic N) is 1. The van der Waals surface area contributed by atoms with Crippen molar-refractivity contribution >= 4 is 23.3 Å². The fraction of sp³-hybridized carbons (Fsp3) is 0.333. The summed E-state index contributed by atoms with van der Waals surface area (Å²) in [5, 5.41) is 5.60. The molecular weight excluding hydrogens is 374 g/mol. The third kappa shape index (κ3) is 4.90. The molecule has 1 aliphatic rings. The van der Waals surface area contributed by atoms with Crippen LogP contribution in [0.4, 0.5) is 16.2 Å². The van der Waals surface area contributed by atoms with Gasteiger partial charge in [-0.15, -0.1) is 0 Å². The number of ether oxygens (including phenoxy) is 3. The highest BCUT2D eigenvalue weighted by Gasteiger charge is 2.31. The van der Waals surface area contributed by atoms with Gasteiger partial charge in [-0.1, -0.05) is 0 Å². The molecule has 1 heterocycles. The Hall–Kier alpha value is -3.42. The number of carbonyl (C=O) groups excluding carboxylic acids is 2. The molecule has 1 aliphatic heterocycles. The number of rotatable bonds is 7. The predicted molar refractivity (Wildman–Crippen MR) is 110 cm³/mol. The van der Waals surface area contributed by atoms with Crippen LogP contribution < -0.4 is 29.7 Å². The Balaban J connectivity index is 1.60. The molecule has 0 radical (unpaired) electrons. The second-order valence-corrected chi connectivity index (χ2v) is 6.50. The number of amides is 3. The van der Waals surface area contributed by atoms with Crippen molar-refractivity contribution in [2.24, 2.45) is 0 Å². The standard InChI is InChI=1S/C21H25N3O5/c1-4-29-16-7-5-15(6-8-16)24-13-14(11-20(24)25)22-21(26)23-18-10-9-17(27-2)12-19(18)28-3/h5-10,12,14H,4,11,13H2,1-3H3,(H2,22,23,26).